The van der Waals surface area contributed by atoms with Gasteiger partial charge in [-0.15, -0.1) is 0 Å². The van der Waals surface area contributed by atoms with Crippen molar-refractivity contribution >= 4 is 21.8 Å². The Morgan fingerprint density at radius 2 is 1.75 bits per heavy atom. The van der Waals surface area contributed by atoms with Gasteiger partial charge in [0.25, 0.3) is 0 Å². The largest absolute Gasteiger partial charge is 0.480 e. The molecule has 0 fully saturated rings. The van der Waals surface area contributed by atoms with Crippen molar-refractivity contribution in [2.24, 2.45) is 0 Å². The summed E-state index contributed by atoms with van der Waals surface area (Å²) in [5.41, 5.74) is 0.400. The Morgan fingerprint density at radius 3 is 2.10 bits per heavy atom. The van der Waals surface area contributed by atoms with Crippen LogP contribution in [0.15, 0.2) is 29.2 Å². The summed E-state index contributed by atoms with van der Waals surface area (Å²) in [4.78, 5) is 22.2. The van der Waals surface area contributed by atoms with Crippen molar-refractivity contribution in [2.75, 3.05) is 7.05 Å². The fourth-order valence-corrected chi connectivity index (χ4v) is 3.17. The van der Waals surface area contributed by atoms with E-state index in [4.69, 9.17) is 5.11 Å². The summed E-state index contributed by atoms with van der Waals surface area (Å²) in [5.74, 6) is -1.36. The minimum absolute atomic E-state index is 0.0373. The smallest absolute Gasteiger partial charge is 0.321 e. The van der Waals surface area contributed by atoms with Gasteiger partial charge < -0.3 is 5.11 Å². The average molecular weight is 299 g/mol. The van der Waals surface area contributed by atoms with Gasteiger partial charge in [-0.1, -0.05) is 19.1 Å². The molecule has 1 aromatic carbocycles. The number of aliphatic carboxylic acids is 1. The molecular formula is C13H17NO5S. The number of Topliss-reactive ketones (excluding diaryl/α,β-unsaturated/α-hetero) is 1. The van der Waals surface area contributed by atoms with Crippen molar-refractivity contribution in [1.82, 2.24) is 4.31 Å². The first-order chi connectivity index (χ1) is 9.21. The van der Waals surface area contributed by atoms with E-state index in [1.165, 1.54) is 38.2 Å². The second kappa shape index (κ2) is 6.15. The van der Waals surface area contributed by atoms with E-state index in [2.05, 4.69) is 0 Å². The van der Waals surface area contributed by atoms with E-state index in [0.717, 1.165) is 4.31 Å². The van der Waals surface area contributed by atoms with Gasteiger partial charge in [-0.05, 0) is 25.5 Å². The zero-order chi connectivity index (χ0) is 15.5. The second-order valence-electron chi connectivity index (χ2n) is 4.36. The van der Waals surface area contributed by atoms with Crippen LogP contribution in [0.1, 0.15) is 30.6 Å². The fraction of sp³-hybridized carbons (Fsp3) is 0.385. The lowest BCUT2D eigenvalue weighted by Gasteiger charge is -2.23. The van der Waals surface area contributed by atoms with Crippen LogP contribution in [0, 0.1) is 0 Å². The summed E-state index contributed by atoms with van der Waals surface area (Å²) in [5, 5.41) is 9.02. The van der Waals surface area contributed by atoms with E-state index in [0.29, 0.717) is 5.56 Å². The van der Waals surface area contributed by atoms with Crippen LogP contribution >= 0.6 is 0 Å². The zero-order valence-corrected chi connectivity index (χ0v) is 12.3. The second-order valence-corrected chi connectivity index (χ2v) is 6.36. The van der Waals surface area contributed by atoms with Crippen molar-refractivity contribution in [1.29, 1.82) is 0 Å². The number of hydrogen-bond donors (Lipinski definition) is 1. The molecule has 7 heteroatoms. The first kappa shape index (κ1) is 16.3. The van der Waals surface area contributed by atoms with Crippen molar-refractivity contribution in [3.05, 3.63) is 29.8 Å². The van der Waals surface area contributed by atoms with Gasteiger partial charge in [-0.25, -0.2) is 8.42 Å². The van der Waals surface area contributed by atoms with Crippen LogP contribution in [0.2, 0.25) is 0 Å². The van der Waals surface area contributed by atoms with Crippen LogP contribution in [0.3, 0.4) is 0 Å². The van der Waals surface area contributed by atoms with E-state index in [1.807, 2.05) is 0 Å². The van der Waals surface area contributed by atoms with Gasteiger partial charge in [0.05, 0.1) is 4.90 Å². The maximum Gasteiger partial charge on any atom is 0.321 e. The first-order valence-corrected chi connectivity index (χ1v) is 7.47. The molecule has 0 aromatic heterocycles. The van der Waals surface area contributed by atoms with Crippen LogP contribution in [0.5, 0.6) is 0 Å². The zero-order valence-electron chi connectivity index (χ0n) is 11.5. The SMILES string of the molecule is CCC(C(=O)O)N(C)S(=O)(=O)c1ccc(C(C)=O)cc1. The molecule has 0 amide bonds. The number of carboxylic acid groups (broad SMARTS) is 1. The number of benzene rings is 1. The number of carbonyl (C=O) groups is 2. The highest BCUT2D eigenvalue weighted by Crippen LogP contribution is 2.19. The number of rotatable bonds is 6. The van der Waals surface area contributed by atoms with Crippen LogP contribution in [0.25, 0.3) is 0 Å². The molecule has 6 nitrogen and oxygen atoms in total. The van der Waals surface area contributed by atoms with Crippen LogP contribution < -0.4 is 0 Å². The van der Waals surface area contributed by atoms with Gasteiger partial charge in [-0.2, -0.15) is 4.31 Å². The standard InChI is InChI=1S/C13H17NO5S/c1-4-12(13(16)17)14(3)20(18,19)11-7-5-10(6-8-11)9(2)15/h5-8,12H,4H2,1-3H3,(H,16,17). The third-order valence-corrected chi connectivity index (χ3v) is 4.93. The Morgan fingerprint density at radius 1 is 1.25 bits per heavy atom. The van der Waals surface area contributed by atoms with Crippen molar-refractivity contribution in [3.63, 3.8) is 0 Å². The Bertz CT molecular complexity index is 606. The predicted octanol–water partition coefficient (Wildman–Crippen LogP) is 1.37. The van der Waals surface area contributed by atoms with E-state index in [-0.39, 0.29) is 17.1 Å². The van der Waals surface area contributed by atoms with Gasteiger partial charge in [0.2, 0.25) is 10.0 Å². The van der Waals surface area contributed by atoms with E-state index >= 15 is 0 Å². The minimum Gasteiger partial charge on any atom is -0.480 e. The molecule has 0 spiro atoms. The lowest BCUT2D eigenvalue weighted by atomic mass is 10.2. The molecule has 1 unspecified atom stereocenters. The highest BCUT2D eigenvalue weighted by atomic mass is 32.2. The van der Waals surface area contributed by atoms with E-state index in [1.54, 1.807) is 6.92 Å². The summed E-state index contributed by atoms with van der Waals surface area (Å²) in [6, 6.07) is 4.30. The number of hydrogen-bond acceptors (Lipinski definition) is 4. The average Bonchev–Trinajstić information content (AvgIpc) is 2.39. The molecule has 1 aromatic rings. The van der Waals surface area contributed by atoms with Gasteiger partial charge in [-0.3, -0.25) is 9.59 Å². The highest BCUT2D eigenvalue weighted by Gasteiger charge is 2.31. The summed E-state index contributed by atoms with van der Waals surface area (Å²) in [6.07, 6.45) is 0.163. The molecule has 0 heterocycles. The normalized spacial score (nSPS) is 13.2. The first-order valence-electron chi connectivity index (χ1n) is 6.03. The van der Waals surface area contributed by atoms with Gasteiger partial charge in [0.15, 0.2) is 5.78 Å². The van der Waals surface area contributed by atoms with Crippen LogP contribution in [-0.2, 0) is 14.8 Å². The summed E-state index contributed by atoms with van der Waals surface area (Å²) in [7, 11) is -2.66. The Balaban J connectivity index is 3.15. The molecule has 20 heavy (non-hydrogen) atoms. The van der Waals surface area contributed by atoms with Crippen molar-refractivity contribution in [3.8, 4) is 0 Å². The molecule has 1 atom stereocenters. The molecule has 1 rings (SSSR count). The van der Waals surface area contributed by atoms with Crippen LogP contribution in [0.4, 0.5) is 0 Å². The molecule has 0 aliphatic heterocycles. The number of carbonyl (C=O) groups excluding carboxylic acids is 1. The van der Waals surface area contributed by atoms with Crippen LogP contribution in [-0.4, -0.2) is 42.7 Å². The summed E-state index contributed by atoms with van der Waals surface area (Å²) < 4.78 is 25.4. The third-order valence-electron chi connectivity index (χ3n) is 3.05. The monoisotopic (exact) mass is 299 g/mol. The van der Waals surface area contributed by atoms with E-state index < -0.39 is 22.0 Å². The van der Waals surface area contributed by atoms with Crippen molar-refractivity contribution in [2.45, 2.75) is 31.2 Å². The molecule has 0 saturated carbocycles. The maximum atomic E-state index is 12.3. The molecule has 0 radical (unpaired) electrons. The Hall–Kier alpha value is -1.73. The molecule has 0 bridgehead atoms. The molecular weight excluding hydrogens is 282 g/mol. The maximum absolute atomic E-state index is 12.3. The van der Waals surface area contributed by atoms with Crippen molar-refractivity contribution < 1.29 is 23.1 Å². The van der Waals surface area contributed by atoms with Gasteiger partial charge in [0.1, 0.15) is 6.04 Å². The molecule has 0 saturated heterocycles. The summed E-state index contributed by atoms with van der Waals surface area (Å²) in [6.45, 7) is 2.98. The highest BCUT2D eigenvalue weighted by molar-refractivity contribution is 7.89. The predicted molar refractivity (Wildman–Crippen MR) is 73.1 cm³/mol. The van der Waals surface area contributed by atoms with E-state index in [9.17, 15) is 18.0 Å². The lowest BCUT2D eigenvalue weighted by molar-refractivity contribution is -0.141. The molecule has 0 aliphatic rings. The number of carboxylic acids is 1. The fourth-order valence-electron chi connectivity index (χ4n) is 1.78. The Kier molecular flexibility index (Phi) is 5.02. The third kappa shape index (κ3) is 3.23. The Labute approximate surface area is 118 Å². The van der Waals surface area contributed by atoms with Gasteiger partial charge in [0, 0.05) is 12.6 Å². The molecule has 1 N–H and O–H groups in total. The summed E-state index contributed by atoms with van der Waals surface area (Å²) >= 11 is 0. The number of ketones is 1. The minimum atomic E-state index is -3.90. The lowest BCUT2D eigenvalue weighted by Crippen LogP contribution is -2.41. The molecule has 110 valence electrons. The molecule has 0 aliphatic carbocycles. The number of likely N-dealkylation sites (N-methyl/N-ethyl adjacent to an activating group) is 1. The van der Waals surface area contributed by atoms with Gasteiger partial charge >= 0.3 is 5.97 Å². The topological polar surface area (TPSA) is 91.8 Å². The number of sulfonamides is 1. The quantitative estimate of drug-likeness (QED) is 0.801. The number of nitrogens with zero attached hydrogens (tertiary/aromatic N) is 1.